The SMILES string of the molecule is C[C@@H](NC(=O)c1ccc(OCCN2CCCC2=O)cc1)c1nc2ccccc2s1. The first kappa shape index (κ1) is 19.4. The van der Waals surface area contributed by atoms with E-state index in [0.717, 1.165) is 28.2 Å². The molecule has 2 heterocycles. The van der Waals surface area contributed by atoms with Gasteiger partial charge in [-0.1, -0.05) is 12.1 Å². The Labute approximate surface area is 173 Å². The number of carbonyl (C=O) groups excluding carboxylic acids is 2. The van der Waals surface area contributed by atoms with E-state index in [2.05, 4.69) is 10.3 Å². The molecule has 1 aliphatic heterocycles. The van der Waals surface area contributed by atoms with Gasteiger partial charge in [-0.25, -0.2) is 4.98 Å². The average molecular weight is 410 g/mol. The Morgan fingerprint density at radius 1 is 1.24 bits per heavy atom. The average Bonchev–Trinajstić information content (AvgIpc) is 3.34. The van der Waals surface area contributed by atoms with E-state index in [4.69, 9.17) is 4.74 Å². The number of likely N-dealkylation sites (tertiary alicyclic amines) is 1. The van der Waals surface area contributed by atoms with E-state index in [0.29, 0.717) is 30.9 Å². The Bertz CT molecular complexity index is 983. The normalized spacial score (nSPS) is 14.9. The molecule has 1 N–H and O–H groups in total. The number of amides is 2. The fraction of sp³-hybridized carbons (Fsp3) is 0.318. The zero-order chi connectivity index (χ0) is 20.2. The molecule has 0 bridgehead atoms. The van der Waals surface area contributed by atoms with Crippen molar-refractivity contribution in [2.45, 2.75) is 25.8 Å². The summed E-state index contributed by atoms with van der Waals surface area (Å²) in [5.41, 5.74) is 1.52. The van der Waals surface area contributed by atoms with Crippen LogP contribution >= 0.6 is 11.3 Å². The zero-order valence-corrected chi connectivity index (χ0v) is 17.1. The molecule has 1 saturated heterocycles. The van der Waals surface area contributed by atoms with Crippen LogP contribution in [0.25, 0.3) is 10.2 Å². The highest BCUT2D eigenvalue weighted by atomic mass is 32.1. The first-order valence-electron chi connectivity index (χ1n) is 9.77. The van der Waals surface area contributed by atoms with E-state index < -0.39 is 0 Å². The number of carbonyl (C=O) groups is 2. The highest BCUT2D eigenvalue weighted by Gasteiger charge is 2.19. The number of thiazole rings is 1. The monoisotopic (exact) mass is 409 g/mol. The predicted octanol–water partition coefficient (Wildman–Crippen LogP) is 3.79. The third kappa shape index (κ3) is 4.56. The first-order valence-corrected chi connectivity index (χ1v) is 10.6. The molecule has 6 nitrogen and oxygen atoms in total. The van der Waals surface area contributed by atoms with Gasteiger partial charge in [0.25, 0.3) is 5.91 Å². The number of nitrogens with one attached hydrogen (secondary N) is 1. The summed E-state index contributed by atoms with van der Waals surface area (Å²) in [6, 6.07) is 14.8. The molecule has 0 aliphatic carbocycles. The predicted molar refractivity (Wildman–Crippen MR) is 113 cm³/mol. The lowest BCUT2D eigenvalue weighted by atomic mass is 10.2. The molecule has 7 heteroatoms. The molecule has 0 unspecified atom stereocenters. The van der Waals surface area contributed by atoms with Gasteiger partial charge in [0.2, 0.25) is 5.91 Å². The summed E-state index contributed by atoms with van der Waals surface area (Å²) in [4.78, 5) is 30.6. The highest BCUT2D eigenvalue weighted by molar-refractivity contribution is 7.18. The molecule has 29 heavy (non-hydrogen) atoms. The maximum Gasteiger partial charge on any atom is 0.251 e. The van der Waals surface area contributed by atoms with Gasteiger partial charge in [-0.05, 0) is 49.7 Å². The van der Waals surface area contributed by atoms with Gasteiger partial charge in [-0.15, -0.1) is 11.3 Å². The molecule has 150 valence electrons. The molecule has 4 rings (SSSR count). The highest BCUT2D eigenvalue weighted by Crippen LogP contribution is 2.26. The first-order chi connectivity index (χ1) is 14.1. The molecule has 0 spiro atoms. The van der Waals surface area contributed by atoms with Gasteiger partial charge >= 0.3 is 0 Å². The number of ether oxygens (including phenoxy) is 1. The molecule has 2 amide bonds. The van der Waals surface area contributed by atoms with E-state index in [1.165, 1.54) is 0 Å². The quantitative estimate of drug-likeness (QED) is 0.645. The molecule has 2 aromatic carbocycles. The van der Waals surface area contributed by atoms with E-state index >= 15 is 0 Å². The Morgan fingerprint density at radius 2 is 2.03 bits per heavy atom. The van der Waals surface area contributed by atoms with E-state index in [9.17, 15) is 9.59 Å². The summed E-state index contributed by atoms with van der Waals surface area (Å²) in [6.45, 7) is 3.80. The fourth-order valence-electron chi connectivity index (χ4n) is 3.33. The molecule has 1 aliphatic rings. The summed E-state index contributed by atoms with van der Waals surface area (Å²) >= 11 is 1.59. The summed E-state index contributed by atoms with van der Waals surface area (Å²) in [5.74, 6) is 0.737. The van der Waals surface area contributed by atoms with Crippen LogP contribution in [0.5, 0.6) is 5.75 Å². The van der Waals surface area contributed by atoms with Crippen LogP contribution in [0, 0.1) is 0 Å². The third-order valence-corrected chi connectivity index (χ3v) is 6.17. The van der Waals surface area contributed by atoms with Gasteiger partial charge in [0, 0.05) is 18.5 Å². The molecule has 0 radical (unpaired) electrons. The molecular formula is C22H23N3O3S. The number of para-hydroxylation sites is 1. The van der Waals surface area contributed by atoms with Crippen molar-refractivity contribution in [3.8, 4) is 5.75 Å². The van der Waals surface area contributed by atoms with Gasteiger partial charge in [0.15, 0.2) is 0 Å². The second-order valence-electron chi connectivity index (χ2n) is 7.07. The fourth-order valence-corrected chi connectivity index (χ4v) is 4.30. The molecule has 3 aromatic rings. The lowest BCUT2D eigenvalue weighted by molar-refractivity contribution is -0.128. The van der Waals surface area contributed by atoms with Crippen molar-refractivity contribution >= 4 is 33.4 Å². The van der Waals surface area contributed by atoms with Gasteiger partial charge in [0.1, 0.15) is 17.4 Å². The number of aromatic nitrogens is 1. The second-order valence-corrected chi connectivity index (χ2v) is 8.13. The van der Waals surface area contributed by atoms with Crippen LogP contribution in [0.3, 0.4) is 0 Å². The van der Waals surface area contributed by atoms with Gasteiger partial charge in [0.05, 0.1) is 22.8 Å². The largest absolute Gasteiger partial charge is 0.492 e. The van der Waals surface area contributed by atoms with Crippen molar-refractivity contribution in [3.63, 3.8) is 0 Å². The van der Waals surface area contributed by atoms with Crippen LogP contribution in [0.1, 0.15) is 41.2 Å². The van der Waals surface area contributed by atoms with Crippen LogP contribution in [0.15, 0.2) is 48.5 Å². The van der Waals surface area contributed by atoms with Crippen LogP contribution in [-0.2, 0) is 4.79 Å². The lowest BCUT2D eigenvalue weighted by Crippen LogP contribution is -2.29. The van der Waals surface area contributed by atoms with Crippen LogP contribution in [0.4, 0.5) is 0 Å². The Balaban J connectivity index is 1.31. The number of fused-ring (bicyclic) bond motifs is 1. The minimum absolute atomic E-state index is 0.147. The third-order valence-electron chi connectivity index (χ3n) is 4.95. The number of benzene rings is 2. The molecule has 1 aromatic heterocycles. The van der Waals surface area contributed by atoms with Crippen molar-refractivity contribution in [2.24, 2.45) is 0 Å². The summed E-state index contributed by atoms with van der Waals surface area (Å²) in [7, 11) is 0. The van der Waals surface area contributed by atoms with Gasteiger partial charge in [-0.3, -0.25) is 9.59 Å². The van der Waals surface area contributed by atoms with Gasteiger partial charge < -0.3 is 15.0 Å². The van der Waals surface area contributed by atoms with E-state index in [1.54, 1.807) is 35.6 Å². The molecule has 1 atom stereocenters. The molecule has 1 fully saturated rings. The topological polar surface area (TPSA) is 71.5 Å². The van der Waals surface area contributed by atoms with Crippen molar-refractivity contribution in [1.29, 1.82) is 0 Å². The molecule has 0 saturated carbocycles. The van der Waals surface area contributed by atoms with E-state index in [-0.39, 0.29) is 17.9 Å². The van der Waals surface area contributed by atoms with Crippen LogP contribution in [0.2, 0.25) is 0 Å². The van der Waals surface area contributed by atoms with Crippen molar-refractivity contribution < 1.29 is 14.3 Å². The number of nitrogens with zero attached hydrogens (tertiary/aromatic N) is 2. The van der Waals surface area contributed by atoms with Crippen LogP contribution < -0.4 is 10.1 Å². The number of rotatable bonds is 7. The number of hydrogen-bond acceptors (Lipinski definition) is 5. The maximum atomic E-state index is 12.6. The minimum Gasteiger partial charge on any atom is -0.492 e. The Kier molecular flexibility index (Phi) is 5.76. The second kappa shape index (κ2) is 8.61. The lowest BCUT2D eigenvalue weighted by Gasteiger charge is -2.16. The zero-order valence-electron chi connectivity index (χ0n) is 16.3. The minimum atomic E-state index is -0.172. The summed E-state index contributed by atoms with van der Waals surface area (Å²) < 4.78 is 6.81. The maximum absolute atomic E-state index is 12.6. The number of hydrogen-bond donors (Lipinski definition) is 1. The van der Waals surface area contributed by atoms with E-state index in [1.807, 2.05) is 36.1 Å². The van der Waals surface area contributed by atoms with Crippen molar-refractivity contribution in [3.05, 3.63) is 59.1 Å². The molecular weight excluding hydrogens is 386 g/mol. The van der Waals surface area contributed by atoms with Crippen LogP contribution in [-0.4, -0.2) is 41.4 Å². The van der Waals surface area contributed by atoms with Crippen molar-refractivity contribution in [2.75, 3.05) is 19.7 Å². The van der Waals surface area contributed by atoms with Crippen molar-refractivity contribution in [1.82, 2.24) is 15.2 Å². The summed E-state index contributed by atoms with van der Waals surface area (Å²) in [6.07, 6.45) is 1.57. The summed E-state index contributed by atoms with van der Waals surface area (Å²) in [5, 5.41) is 3.89. The standard InChI is InChI=1S/C22H23N3O3S/c1-15(22-24-18-5-2-3-6-19(18)29-22)23-21(27)16-8-10-17(11-9-16)28-14-13-25-12-4-7-20(25)26/h2-3,5-6,8-11,15H,4,7,12-14H2,1H3,(H,23,27)/t15-/m1/s1. The smallest absolute Gasteiger partial charge is 0.251 e. The van der Waals surface area contributed by atoms with Gasteiger partial charge in [-0.2, -0.15) is 0 Å². The Morgan fingerprint density at radius 3 is 2.76 bits per heavy atom. The Hall–Kier alpha value is -2.93.